The molecule has 1 amide bonds. The van der Waals surface area contributed by atoms with E-state index in [-0.39, 0.29) is 17.4 Å². The SMILES string of the molecule is CC(C)OCCCNC(=O)C1(c2cccc(Cl)c2)CC1. The predicted molar refractivity (Wildman–Crippen MR) is 81.1 cm³/mol. The predicted octanol–water partition coefficient (Wildman–Crippen LogP) is 3.30. The van der Waals surface area contributed by atoms with Crippen LogP contribution < -0.4 is 5.32 Å². The molecule has 4 heteroatoms. The first kappa shape index (κ1) is 15.3. The number of rotatable bonds is 7. The fourth-order valence-electron chi connectivity index (χ4n) is 2.32. The molecule has 1 saturated carbocycles. The molecule has 110 valence electrons. The minimum Gasteiger partial charge on any atom is -0.379 e. The summed E-state index contributed by atoms with van der Waals surface area (Å²) in [7, 11) is 0. The van der Waals surface area contributed by atoms with E-state index in [1.807, 2.05) is 38.1 Å². The van der Waals surface area contributed by atoms with Gasteiger partial charge in [-0.05, 0) is 50.8 Å². The van der Waals surface area contributed by atoms with Gasteiger partial charge in [-0.2, -0.15) is 0 Å². The summed E-state index contributed by atoms with van der Waals surface area (Å²) in [5.74, 6) is 0.115. The first-order chi connectivity index (χ1) is 9.54. The fourth-order valence-corrected chi connectivity index (χ4v) is 2.51. The first-order valence-electron chi connectivity index (χ1n) is 7.20. The minimum atomic E-state index is -0.343. The Kier molecular flexibility index (Phi) is 5.06. The molecule has 1 N–H and O–H groups in total. The second-order valence-corrected chi connectivity index (χ2v) is 6.06. The molecule has 0 spiro atoms. The zero-order valence-corrected chi connectivity index (χ0v) is 12.9. The van der Waals surface area contributed by atoms with Gasteiger partial charge in [-0.3, -0.25) is 4.79 Å². The molecule has 3 nitrogen and oxygen atoms in total. The number of hydrogen-bond donors (Lipinski definition) is 1. The standard InChI is InChI=1S/C16H22ClNO2/c1-12(2)20-10-4-9-18-15(19)16(7-8-16)13-5-3-6-14(17)11-13/h3,5-6,11-12H,4,7-10H2,1-2H3,(H,18,19). The summed E-state index contributed by atoms with van der Waals surface area (Å²) < 4.78 is 5.46. The molecule has 0 aromatic heterocycles. The van der Waals surface area contributed by atoms with E-state index in [0.29, 0.717) is 18.2 Å². The summed E-state index contributed by atoms with van der Waals surface area (Å²) in [5, 5.41) is 3.70. The highest BCUT2D eigenvalue weighted by molar-refractivity contribution is 6.30. The van der Waals surface area contributed by atoms with Crippen molar-refractivity contribution >= 4 is 17.5 Å². The van der Waals surface area contributed by atoms with Crippen molar-refractivity contribution in [3.63, 3.8) is 0 Å². The Morgan fingerprint density at radius 2 is 2.20 bits per heavy atom. The quantitative estimate of drug-likeness (QED) is 0.784. The van der Waals surface area contributed by atoms with Crippen LogP contribution in [-0.2, 0) is 14.9 Å². The zero-order chi connectivity index (χ0) is 14.6. The molecule has 0 bridgehead atoms. The van der Waals surface area contributed by atoms with Crippen LogP contribution in [0.2, 0.25) is 5.02 Å². The van der Waals surface area contributed by atoms with Gasteiger partial charge in [-0.1, -0.05) is 23.7 Å². The summed E-state index contributed by atoms with van der Waals surface area (Å²) in [5.41, 5.74) is 0.685. The molecule has 0 radical (unpaired) electrons. The maximum Gasteiger partial charge on any atom is 0.230 e. The molecule has 0 aliphatic heterocycles. The van der Waals surface area contributed by atoms with Crippen molar-refractivity contribution in [2.75, 3.05) is 13.2 Å². The van der Waals surface area contributed by atoms with E-state index < -0.39 is 0 Å². The van der Waals surface area contributed by atoms with Crippen molar-refractivity contribution in [3.8, 4) is 0 Å². The van der Waals surface area contributed by atoms with Crippen molar-refractivity contribution in [2.24, 2.45) is 0 Å². The number of ether oxygens (including phenoxy) is 1. The monoisotopic (exact) mass is 295 g/mol. The Morgan fingerprint density at radius 3 is 2.80 bits per heavy atom. The van der Waals surface area contributed by atoms with E-state index >= 15 is 0 Å². The van der Waals surface area contributed by atoms with Gasteiger partial charge < -0.3 is 10.1 Å². The lowest BCUT2D eigenvalue weighted by atomic mass is 9.95. The maximum absolute atomic E-state index is 12.3. The molecule has 20 heavy (non-hydrogen) atoms. The molecule has 0 unspecified atom stereocenters. The van der Waals surface area contributed by atoms with E-state index in [9.17, 15) is 4.79 Å². The molecule has 0 atom stereocenters. The van der Waals surface area contributed by atoms with Gasteiger partial charge in [-0.15, -0.1) is 0 Å². The molecular weight excluding hydrogens is 274 g/mol. The highest BCUT2D eigenvalue weighted by Gasteiger charge is 2.51. The van der Waals surface area contributed by atoms with Crippen molar-refractivity contribution in [3.05, 3.63) is 34.9 Å². The minimum absolute atomic E-state index is 0.115. The van der Waals surface area contributed by atoms with Crippen LogP contribution in [0.1, 0.15) is 38.7 Å². The molecular formula is C16H22ClNO2. The van der Waals surface area contributed by atoms with Crippen LogP contribution in [-0.4, -0.2) is 25.2 Å². The molecule has 1 aromatic rings. The van der Waals surface area contributed by atoms with E-state index in [1.165, 1.54) is 0 Å². The smallest absolute Gasteiger partial charge is 0.230 e. The lowest BCUT2D eigenvalue weighted by Crippen LogP contribution is -2.35. The lowest BCUT2D eigenvalue weighted by Gasteiger charge is -2.16. The Morgan fingerprint density at radius 1 is 1.45 bits per heavy atom. The third-order valence-corrected chi connectivity index (χ3v) is 3.85. The summed E-state index contributed by atoms with van der Waals surface area (Å²) in [4.78, 5) is 12.3. The molecule has 0 saturated heterocycles. The van der Waals surface area contributed by atoms with E-state index in [0.717, 1.165) is 24.8 Å². The van der Waals surface area contributed by atoms with E-state index in [2.05, 4.69) is 5.32 Å². The van der Waals surface area contributed by atoms with Gasteiger partial charge >= 0.3 is 0 Å². The van der Waals surface area contributed by atoms with Crippen LogP contribution in [0.3, 0.4) is 0 Å². The van der Waals surface area contributed by atoms with Gasteiger partial charge in [0.05, 0.1) is 11.5 Å². The van der Waals surface area contributed by atoms with E-state index in [1.54, 1.807) is 0 Å². The average Bonchev–Trinajstić information content (AvgIpc) is 3.19. The van der Waals surface area contributed by atoms with Crippen molar-refractivity contribution in [1.29, 1.82) is 0 Å². The number of carbonyl (C=O) groups is 1. The topological polar surface area (TPSA) is 38.3 Å². The van der Waals surface area contributed by atoms with Gasteiger partial charge in [0.2, 0.25) is 5.91 Å². The van der Waals surface area contributed by atoms with E-state index in [4.69, 9.17) is 16.3 Å². The molecule has 1 fully saturated rings. The highest BCUT2D eigenvalue weighted by Crippen LogP contribution is 2.48. The Balaban J connectivity index is 1.83. The van der Waals surface area contributed by atoms with Crippen LogP contribution in [0.5, 0.6) is 0 Å². The fraction of sp³-hybridized carbons (Fsp3) is 0.562. The van der Waals surface area contributed by atoms with Crippen molar-refractivity contribution < 1.29 is 9.53 Å². The van der Waals surface area contributed by atoms with Crippen LogP contribution in [0.15, 0.2) is 24.3 Å². The van der Waals surface area contributed by atoms with Crippen LogP contribution in [0.4, 0.5) is 0 Å². The number of benzene rings is 1. The van der Waals surface area contributed by atoms with Gasteiger partial charge in [0.1, 0.15) is 0 Å². The first-order valence-corrected chi connectivity index (χ1v) is 7.58. The van der Waals surface area contributed by atoms with Crippen LogP contribution >= 0.6 is 11.6 Å². The number of nitrogens with one attached hydrogen (secondary N) is 1. The Labute approximate surface area is 125 Å². The number of halogens is 1. The normalized spacial score (nSPS) is 16.2. The zero-order valence-electron chi connectivity index (χ0n) is 12.1. The van der Waals surface area contributed by atoms with Gasteiger partial charge in [0.25, 0.3) is 0 Å². The summed E-state index contributed by atoms with van der Waals surface area (Å²) in [6.45, 7) is 5.36. The number of carbonyl (C=O) groups excluding carboxylic acids is 1. The van der Waals surface area contributed by atoms with Crippen LogP contribution in [0, 0.1) is 0 Å². The Hall–Kier alpha value is -1.06. The van der Waals surface area contributed by atoms with Gasteiger partial charge in [0, 0.05) is 18.2 Å². The maximum atomic E-state index is 12.3. The average molecular weight is 296 g/mol. The summed E-state index contributed by atoms with van der Waals surface area (Å²) in [6.07, 6.45) is 2.89. The molecule has 1 aliphatic rings. The molecule has 2 rings (SSSR count). The highest BCUT2D eigenvalue weighted by atomic mass is 35.5. The third-order valence-electron chi connectivity index (χ3n) is 3.62. The largest absolute Gasteiger partial charge is 0.379 e. The number of amides is 1. The van der Waals surface area contributed by atoms with Gasteiger partial charge in [0.15, 0.2) is 0 Å². The molecule has 0 heterocycles. The summed E-state index contributed by atoms with van der Waals surface area (Å²) in [6, 6.07) is 7.63. The van der Waals surface area contributed by atoms with Crippen LogP contribution in [0.25, 0.3) is 0 Å². The lowest BCUT2D eigenvalue weighted by molar-refractivity contribution is -0.123. The molecule has 1 aliphatic carbocycles. The number of hydrogen-bond acceptors (Lipinski definition) is 2. The second kappa shape index (κ2) is 6.59. The van der Waals surface area contributed by atoms with Crippen molar-refractivity contribution in [2.45, 2.75) is 44.6 Å². The molecule has 1 aromatic carbocycles. The summed E-state index contributed by atoms with van der Waals surface area (Å²) >= 11 is 6.01. The van der Waals surface area contributed by atoms with Crippen molar-refractivity contribution in [1.82, 2.24) is 5.32 Å². The van der Waals surface area contributed by atoms with Gasteiger partial charge in [-0.25, -0.2) is 0 Å². The third kappa shape index (κ3) is 3.74. The second-order valence-electron chi connectivity index (χ2n) is 5.62. The Bertz CT molecular complexity index is 469.